The van der Waals surface area contributed by atoms with Gasteiger partial charge in [0.1, 0.15) is 47.6 Å². The number of hydrogen-bond donors (Lipinski definition) is 6. The molecule has 0 radical (unpaired) electrons. The molecule has 16 heteroatoms. The van der Waals surface area contributed by atoms with Crippen molar-refractivity contribution in [3.63, 3.8) is 0 Å². The number of aromatic amines is 2. The van der Waals surface area contributed by atoms with Crippen molar-refractivity contribution in [2.75, 3.05) is 42.3 Å². The van der Waals surface area contributed by atoms with Gasteiger partial charge in [-0.25, -0.2) is 0 Å². The van der Waals surface area contributed by atoms with Gasteiger partial charge in [-0.1, -0.05) is 12.1 Å². The summed E-state index contributed by atoms with van der Waals surface area (Å²) >= 11 is 1.74. The molecule has 0 aliphatic rings. The Morgan fingerprint density at radius 3 is 2.07 bits per heavy atom. The van der Waals surface area contributed by atoms with E-state index >= 15 is 0 Å². The maximum absolute atomic E-state index is 12.2. The summed E-state index contributed by atoms with van der Waals surface area (Å²) in [5.74, 6) is 2.48. The number of aliphatic imine (C=N–C) groups is 2. The summed E-state index contributed by atoms with van der Waals surface area (Å²) in [6.07, 6.45) is 0. The first-order valence-electron chi connectivity index (χ1n) is 16.9. The van der Waals surface area contributed by atoms with Crippen molar-refractivity contribution in [1.82, 2.24) is 30.4 Å². The third-order valence-electron chi connectivity index (χ3n) is 7.80. The Bertz CT molecular complexity index is 2260. The van der Waals surface area contributed by atoms with Gasteiger partial charge in [0, 0.05) is 52.7 Å². The molecule has 4 heterocycles. The highest BCUT2D eigenvalue weighted by atomic mass is 32.1. The van der Waals surface area contributed by atoms with Crippen LogP contribution in [0.25, 0.3) is 21.8 Å². The first-order valence-corrected chi connectivity index (χ1v) is 17.7. The van der Waals surface area contributed by atoms with Gasteiger partial charge in [-0.3, -0.25) is 30.2 Å². The Morgan fingerprint density at radius 2 is 1.39 bits per heavy atom. The van der Waals surface area contributed by atoms with Crippen LogP contribution in [0.5, 0.6) is 11.5 Å². The number of thiophene rings is 1. The fraction of sp³-hybridized carbons (Fsp3) is 0.263. The molecule has 6 rings (SSSR count). The van der Waals surface area contributed by atoms with Gasteiger partial charge >= 0.3 is 0 Å². The molecule has 0 saturated heterocycles. The van der Waals surface area contributed by atoms with Crippen LogP contribution in [0.4, 0.5) is 0 Å². The molecule has 0 unspecified atom stereocenters. The number of furan rings is 1. The molecule has 0 saturated carbocycles. The average Bonchev–Trinajstić information content (AvgIpc) is 3.96. The fourth-order valence-electron chi connectivity index (χ4n) is 5.26. The smallest absolute Gasteiger partial charge is 0.274 e. The number of nitrogens with two attached hydrogens (primary N) is 2. The van der Waals surface area contributed by atoms with E-state index in [1.807, 2.05) is 67.5 Å². The predicted octanol–water partition coefficient (Wildman–Crippen LogP) is 4.62. The number of amides is 2. The van der Waals surface area contributed by atoms with Crippen molar-refractivity contribution in [3.05, 3.63) is 105 Å². The third-order valence-corrected chi connectivity index (χ3v) is 8.84. The van der Waals surface area contributed by atoms with Gasteiger partial charge in [0.05, 0.1) is 12.1 Å². The van der Waals surface area contributed by atoms with E-state index < -0.39 is 0 Å². The highest BCUT2D eigenvalue weighted by molar-refractivity contribution is 7.11. The molecule has 0 aliphatic carbocycles. The van der Waals surface area contributed by atoms with E-state index in [1.165, 1.54) is 19.0 Å². The predicted molar refractivity (Wildman–Crippen MR) is 213 cm³/mol. The van der Waals surface area contributed by atoms with Gasteiger partial charge in [-0.05, 0) is 82.8 Å². The van der Waals surface area contributed by atoms with Crippen LogP contribution in [0.15, 0.2) is 87.2 Å². The van der Waals surface area contributed by atoms with Gasteiger partial charge in [-0.2, -0.15) is 0 Å². The zero-order chi connectivity index (χ0) is 38.8. The highest BCUT2D eigenvalue weighted by Gasteiger charge is 2.14. The second-order valence-corrected chi connectivity index (χ2v) is 14.0. The van der Waals surface area contributed by atoms with Gasteiger partial charge in [0.15, 0.2) is 11.9 Å². The van der Waals surface area contributed by atoms with E-state index in [2.05, 4.69) is 61.7 Å². The lowest BCUT2D eigenvalue weighted by Crippen LogP contribution is -2.36. The van der Waals surface area contributed by atoms with E-state index in [9.17, 15) is 9.59 Å². The number of para-hydroxylation sites is 1. The molecule has 0 fully saturated rings. The number of fused-ring (bicyclic) bond motifs is 2. The van der Waals surface area contributed by atoms with Crippen molar-refractivity contribution >= 4 is 56.9 Å². The van der Waals surface area contributed by atoms with Crippen LogP contribution in [-0.2, 0) is 26.3 Å². The largest absolute Gasteiger partial charge is 0.486 e. The van der Waals surface area contributed by atoms with Crippen LogP contribution >= 0.6 is 11.3 Å². The summed E-state index contributed by atoms with van der Waals surface area (Å²) in [5.41, 5.74) is 13.4. The Balaban J connectivity index is 0.000000208. The lowest BCUT2D eigenvalue weighted by molar-refractivity contribution is 0.0964. The summed E-state index contributed by atoms with van der Waals surface area (Å²) in [4.78, 5) is 44.6. The number of aromatic nitrogens is 2. The Labute approximate surface area is 317 Å². The molecule has 4 aromatic heterocycles. The minimum absolute atomic E-state index is 0.0646. The molecule has 0 spiro atoms. The van der Waals surface area contributed by atoms with E-state index in [0.29, 0.717) is 36.1 Å². The summed E-state index contributed by atoms with van der Waals surface area (Å²) in [6.45, 7) is 2.47. The Kier molecular flexibility index (Phi) is 13.1. The molecule has 2 amide bonds. The van der Waals surface area contributed by atoms with Crippen LogP contribution < -0.4 is 31.6 Å². The SMILES string of the molecule is CN=C(N)NC(=O)c1cc2ccc(OCc3ccc(CN(C)C)o3)cc2[nH]1.CN=C(N)NC(=O)c1cc2cccc(OCc3ccc(CN(C)C)s3)c2[nH]1. The van der Waals surface area contributed by atoms with Crippen LogP contribution in [0.2, 0.25) is 0 Å². The van der Waals surface area contributed by atoms with Gasteiger partial charge in [0.2, 0.25) is 0 Å². The zero-order valence-electron chi connectivity index (χ0n) is 31.1. The number of H-pyrrole nitrogens is 2. The molecule has 0 atom stereocenters. The van der Waals surface area contributed by atoms with Crippen molar-refractivity contribution in [2.24, 2.45) is 21.5 Å². The number of hydrogen-bond acceptors (Lipinski definition) is 10. The minimum Gasteiger partial charge on any atom is -0.486 e. The zero-order valence-corrected chi connectivity index (χ0v) is 32.0. The molecule has 0 bridgehead atoms. The van der Waals surface area contributed by atoms with E-state index in [0.717, 1.165) is 51.3 Å². The highest BCUT2D eigenvalue weighted by Crippen LogP contribution is 2.28. The quantitative estimate of drug-likeness (QED) is 0.0761. The van der Waals surface area contributed by atoms with Gasteiger partial charge in [-0.15, -0.1) is 11.3 Å². The number of nitrogens with zero attached hydrogens (tertiary/aromatic N) is 4. The summed E-state index contributed by atoms with van der Waals surface area (Å²) in [5, 5.41) is 6.80. The van der Waals surface area contributed by atoms with Crippen molar-refractivity contribution in [2.45, 2.75) is 26.3 Å². The number of carbonyl (C=O) groups excluding carboxylic acids is 2. The molecule has 284 valence electrons. The number of rotatable bonds is 12. The third kappa shape index (κ3) is 10.7. The standard InChI is InChI=1S/C19H23N5O3.C19H23N5O2S/c1-21-19(20)23-18(25)17-8-12-4-5-13(9-16(12)22-17)26-11-15-7-6-14(27-15)10-24(2)3;1-21-19(20)23-18(25)15-9-12-5-4-6-16(17(12)22-15)26-11-14-8-7-13(27-14)10-24(2)3/h2*4-9,22H,10-11H2,1-3H3,(H3,20,21,23,25). The Hall–Kier alpha value is -6.10. The molecule has 8 N–H and O–H groups in total. The van der Waals surface area contributed by atoms with Crippen molar-refractivity contribution in [3.8, 4) is 11.5 Å². The molecular weight excluding hydrogens is 709 g/mol. The number of ether oxygens (including phenoxy) is 2. The van der Waals surface area contributed by atoms with Crippen LogP contribution in [0.3, 0.4) is 0 Å². The monoisotopic (exact) mass is 754 g/mol. The van der Waals surface area contributed by atoms with Crippen LogP contribution in [0, 0.1) is 0 Å². The normalized spacial score (nSPS) is 11.9. The first kappa shape index (κ1) is 39.1. The Morgan fingerprint density at radius 1 is 0.741 bits per heavy atom. The summed E-state index contributed by atoms with van der Waals surface area (Å²) in [7, 11) is 11.1. The van der Waals surface area contributed by atoms with E-state index in [1.54, 1.807) is 23.5 Å². The van der Waals surface area contributed by atoms with Gasteiger partial charge in [0.25, 0.3) is 11.8 Å². The van der Waals surface area contributed by atoms with E-state index in [-0.39, 0.29) is 23.7 Å². The van der Waals surface area contributed by atoms with Crippen LogP contribution in [-0.4, -0.2) is 85.8 Å². The van der Waals surface area contributed by atoms with Crippen molar-refractivity contribution in [1.29, 1.82) is 0 Å². The second-order valence-electron chi connectivity index (χ2n) is 12.8. The molecular formula is C38H46N10O5S. The van der Waals surface area contributed by atoms with Gasteiger partial charge < -0.3 is 45.1 Å². The summed E-state index contributed by atoms with van der Waals surface area (Å²) in [6, 6.07) is 22.9. The summed E-state index contributed by atoms with van der Waals surface area (Å²) < 4.78 is 17.5. The van der Waals surface area contributed by atoms with Crippen molar-refractivity contribution < 1.29 is 23.5 Å². The first-order chi connectivity index (χ1) is 25.9. The number of carbonyl (C=O) groups is 2. The lowest BCUT2D eigenvalue weighted by atomic mass is 10.2. The van der Waals surface area contributed by atoms with Crippen LogP contribution in [0.1, 0.15) is 42.3 Å². The lowest BCUT2D eigenvalue weighted by Gasteiger charge is -2.07. The molecule has 0 aliphatic heterocycles. The number of benzene rings is 2. The fourth-order valence-corrected chi connectivity index (χ4v) is 6.31. The molecule has 15 nitrogen and oxygen atoms in total. The molecule has 6 aromatic rings. The molecule has 54 heavy (non-hydrogen) atoms. The number of guanidine groups is 2. The minimum atomic E-state index is -0.347. The maximum atomic E-state index is 12.2. The maximum Gasteiger partial charge on any atom is 0.274 e. The number of nitrogens with one attached hydrogen (secondary N) is 4. The van der Waals surface area contributed by atoms with E-state index in [4.69, 9.17) is 25.4 Å². The second kappa shape index (κ2) is 18.1. The molecule has 2 aromatic carbocycles. The average molecular weight is 755 g/mol. The topological polar surface area (TPSA) is 205 Å².